The third-order valence-corrected chi connectivity index (χ3v) is 5.53. The van der Waals surface area contributed by atoms with Crippen LogP contribution in [-0.4, -0.2) is 18.2 Å². The fraction of sp³-hybridized carbons (Fsp3) is 0.0625. The van der Waals surface area contributed by atoms with Gasteiger partial charge < -0.3 is 0 Å². The van der Waals surface area contributed by atoms with E-state index in [1.807, 2.05) is 0 Å². The number of halogens is 4. The molecule has 5 nitrogen and oxygen atoms in total. The lowest BCUT2D eigenvalue weighted by atomic mass is 10.2. The van der Waals surface area contributed by atoms with E-state index in [2.05, 4.69) is 9.82 Å². The van der Waals surface area contributed by atoms with E-state index in [-0.39, 0.29) is 5.69 Å². The van der Waals surface area contributed by atoms with E-state index in [9.17, 15) is 17.2 Å². The highest BCUT2D eigenvalue weighted by Crippen LogP contribution is 2.23. The fourth-order valence-corrected chi connectivity index (χ4v) is 3.55. The number of nitrogens with one attached hydrogen (secondary N) is 1. The summed E-state index contributed by atoms with van der Waals surface area (Å²) in [6.45, 7) is 0.337. The molecule has 0 aliphatic rings. The molecule has 2 aromatic carbocycles. The van der Waals surface area contributed by atoms with Crippen LogP contribution >= 0.6 is 23.2 Å². The smallest absolute Gasteiger partial charge is 0.262 e. The summed E-state index contributed by atoms with van der Waals surface area (Å²) >= 11 is 11.8. The van der Waals surface area contributed by atoms with Crippen LogP contribution in [0.5, 0.6) is 0 Å². The number of hydrogen-bond donors (Lipinski definition) is 1. The van der Waals surface area contributed by atoms with Gasteiger partial charge in [0.2, 0.25) is 0 Å². The normalized spacial score (nSPS) is 11.5. The van der Waals surface area contributed by atoms with E-state index in [1.165, 1.54) is 17.1 Å². The highest BCUT2D eigenvalue weighted by atomic mass is 35.5. The van der Waals surface area contributed by atoms with Crippen molar-refractivity contribution in [1.29, 1.82) is 0 Å². The van der Waals surface area contributed by atoms with Crippen molar-refractivity contribution in [3.8, 4) is 0 Å². The molecule has 0 spiro atoms. The van der Waals surface area contributed by atoms with Gasteiger partial charge in [0.1, 0.15) is 0 Å². The molecule has 0 unspecified atom stereocenters. The lowest BCUT2D eigenvalue weighted by Gasteiger charge is -2.06. The summed E-state index contributed by atoms with van der Waals surface area (Å²) in [5.41, 5.74) is 0.993. The molecular weight excluding hydrogens is 407 g/mol. The molecule has 0 bridgehead atoms. The van der Waals surface area contributed by atoms with E-state index in [1.54, 1.807) is 18.2 Å². The number of benzene rings is 2. The van der Waals surface area contributed by atoms with Crippen LogP contribution in [-0.2, 0) is 16.6 Å². The van der Waals surface area contributed by atoms with Crippen molar-refractivity contribution in [3.63, 3.8) is 0 Å². The Kier molecular flexibility index (Phi) is 5.17. The van der Waals surface area contributed by atoms with E-state index < -0.39 is 26.6 Å². The van der Waals surface area contributed by atoms with Crippen LogP contribution in [0.3, 0.4) is 0 Å². The second-order valence-electron chi connectivity index (χ2n) is 5.36. The molecule has 0 saturated heterocycles. The van der Waals surface area contributed by atoms with Crippen LogP contribution < -0.4 is 4.72 Å². The van der Waals surface area contributed by atoms with Gasteiger partial charge in [-0.1, -0.05) is 29.3 Å². The second-order valence-corrected chi connectivity index (χ2v) is 7.85. The highest BCUT2D eigenvalue weighted by molar-refractivity contribution is 7.92. The largest absolute Gasteiger partial charge is 0.276 e. The van der Waals surface area contributed by atoms with Crippen molar-refractivity contribution in [1.82, 2.24) is 9.78 Å². The molecule has 0 aliphatic carbocycles. The van der Waals surface area contributed by atoms with Crippen LogP contribution in [0.15, 0.2) is 53.7 Å². The van der Waals surface area contributed by atoms with Crippen molar-refractivity contribution in [2.24, 2.45) is 0 Å². The summed E-state index contributed by atoms with van der Waals surface area (Å²) in [7, 11) is -4.07. The number of rotatable bonds is 5. The number of nitrogens with zero attached hydrogens (tertiary/aromatic N) is 2. The lowest BCUT2D eigenvalue weighted by molar-refractivity contribution is 0.504. The van der Waals surface area contributed by atoms with Crippen LogP contribution in [0.1, 0.15) is 5.56 Å². The lowest BCUT2D eigenvalue weighted by Crippen LogP contribution is -2.13. The van der Waals surface area contributed by atoms with Gasteiger partial charge in [-0.3, -0.25) is 9.40 Å². The Bertz CT molecular complexity index is 1070. The Labute approximate surface area is 158 Å². The summed E-state index contributed by atoms with van der Waals surface area (Å²) in [5.74, 6) is -2.37. The number of sulfonamides is 1. The van der Waals surface area contributed by atoms with Gasteiger partial charge in [0.05, 0.1) is 33.4 Å². The first kappa shape index (κ1) is 18.6. The average molecular weight is 418 g/mol. The minimum Gasteiger partial charge on any atom is -0.276 e. The Hall–Kier alpha value is -2.16. The molecule has 0 amide bonds. The monoisotopic (exact) mass is 417 g/mol. The first-order valence-electron chi connectivity index (χ1n) is 7.19. The Morgan fingerprint density at radius 1 is 1.04 bits per heavy atom. The molecule has 0 aliphatic heterocycles. The fourth-order valence-electron chi connectivity index (χ4n) is 2.19. The van der Waals surface area contributed by atoms with Crippen LogP contribution in [0.25, 0.3) is 0 Å². The van der Waals surface area contributed by atoms with Gasteiger partial charge in [-0.25, -0.2) is 17.2 Å². The zero-order chi connectivity index (χ0) is 18.9. The third-order valence-electron chi connectivity index (χ3n) is 3.42. The molecule has 3 aromatic rings. The quantitative estimate of drug-likeness (QED) is 0.672. The standard InChI is InChI=1S/C16H11Cl2F2N3O2S/c17-13-3-1-10(5-14(13)18)8-23-9-11(7-21-23)22-26(24,25)12-2-4-15(19)16(20)6-12/h1-7,9,22H,8H2. The molecule has 1 aromatic heterocycles. The minimum absolute atomic E-state index is 0.176. The minimum atomic E-state index is -4.07. The van der Waals surface area contributed by atoms with Crippen molar-refractivity contribution < 1.29 is 17.2 Å². The molecule has 26 heavy (non-hydrogen) atoms. The predicted molar refractivity (Wildman–Crippen MR) is 95.0 cm³/mol. The van der Waals surface area contributed by atoms with Gasteiger partial charge in [0, 0.05) is 6.20 Å². The average Bonchev–Trinajstić information content (AvgIpc) is 2.99. The van der Waals surface area contributed by atoms with E-state index >= 15 is 0 Å². The molecule has 3 rings (SSSR count). The summed E-state index contributed by atoms with van der Waals surface area (Å²) in [5, 5.41) is 4.88. The Balaban J connectivity index is 1.76. The maximum absolute atomic E-state index is 13.3. The highest BCUT2D eigenvalue weighted by Gasteiger charge is 2.17. The molecule has 1 N–H and O–H groups in total. The van der Waals surface area contributed by atoms with Gasteiger partial charge in [-0.2, -0.15) is 5.10 Å². The molecule has 0 fully saturated rings. The third kappa shape index (κ3) is 4.14. The van der Waals surface area contributed by atoms with Gasteiger partial charge in [0.15, 0.2) is 11.6 Å². The van der Waals surface area contributed by atoms with Crippen molar-refractivity contribution in [3.05, 3.63) is 76.0 Å². The summed E-state index contributed by atoms with van der Waals surface area (Å²) in [4.78, 5) is -0.395. The predicted octanol–water partition coefficient (Wildman–Crippen LogP) is 4.32. The molecule has 0 radical (unpaired) electrons. The zero-order valence-electron chi connectivity index (χ0n) is 13.0. The van der Waals surface area contributed by atoms with Gasteiger partial charge in [-0.05, 0) is 35.9 Å². The van der Waals surface area contributed by atoms with Crippen molar-refractivity contribution in [2.75, 3.05) is 4.72 Å². The second kappa shape index (κ2) is 7.22. The first-order valence-corrected chi connectivity index (χ1v) is 9.43. The molecular formula is C16H11Cl2F2N3O2S. The van der Waals surface area contributed by atoms with Gasteiger partial charge in [-0.15, -0.1) is 0 Å². The number of anilines is 1. The van der Waals surface area contributed by atoms with E-state index in [0.717, 1.165) is 17.7 Å². The molecule has 136 valence electrons. The van der Waals surface area contributed by atoms with E-state index in [0.29, 0.717) is 22.7 Å². The van der Waals surface area contributed by atoms with Crippen LogP contribution in [0.2, 0.25) is 10.0 Å². The van der Waals surface area contributed by atoms with Crippen molar-refractivity contribution >= 4 is 38.9 Å². The SMILES string of the molecule is O=S(=O)(Nc1cnn(Cc2ccc(Cl)c(Cl)c2)c1)c1ccc(F)c(F)c1. The summed E-state index contributed by atoms with van der Waals surface area (Å²) in [6, 6.07) is 7.42. The maximum atomic E-state index is 13.3. The molecule has 0 atom stereocenters. The summed E-state index contributed by atoms with van der Waals surface area (Å²) in [6.07, 6.45) is 2.76. The maximum Gasteiger partial charge on any atom is 0.262 e. The molecule has 1 heterocycles. The zero-order valence-corrected chi connectivity index (χ0v) is 15.3. The Morgan fingerprint density at radius 3 is 2.50 bits per heavy atom. The van der Waals surface area contributed by atoms with Crippen molar-refractivity contribution in [2.45, 2.75) is 11.4 Å². The summed E-state index contributed by atoms with van der Waals surface area (Å²) < 4.78 is 54.4. The first-order chi connectivity index (χ1) is 12.2. The number of aromatic nitrogens is 2. The molecule has 0 saturated carbocycles. The van der Waals surface area contributed by atoms with Crippen LogP contribution in [0.4, 0.5) is 14.5 Å². The number of hydrogen-bond acceptors (Lipinski definition) is 3. The van der Waals surface area contributed by atoms with Crippen LogP contribution in [0, 0.1) is 11.6 Å². The van der Waals surface area contributed by atoms with Gasteiger partial charge in [0.25, 0.3) is 10.0 Å². The van der Waals surface area contributed by atoms with Gasteiger partial charge >= 0.3 is 0 Å². The van der Waals surface area contributed by atoms with E-state index in [4.69, 9.17) is 23.2 Å². The molecule has 10 heteroatoms. The Morgan fingerprint density at radius 2 is 1.81 bits per heavy atom. The topological polar surface area (TPSA) is 64.0 Å².